The summed E-state index contributed by atoms with van der Waals surface area (Å²) >= 11 is 0. The number of nitrogens with two attached hydrogens (primary N) is 1. The van der Waals surface area contributed by atoms with Crippen LogP contribution >= 0.6 is 0 Å². The number of alkyl halides is 8. The predicted molar refractivity (Wildman–Crippen MR) is 127 cm³/mol. The second kappa shape index (κ2) is 10.4. The minimum atomic E-state index is -5.12. The number of carbonyl (C=O) groups is 2. The highest BCUT2D eigenvalue weighted by Crippen LogP contribution is 2.39. The molecule has 1 unspecified atom stereocenters. The van der Waals surface area contributed by atoms with Gasteiger partial charge in [-0.05, 0) is 24.6 Å². The van der Waals surface area contributed by atoms with Gasteiger partial charge in [-0.2, -0.15) is 31.4 Å². The maximum atomic E-state index is 14.7. The van der Waals surface area contributed by atoms with Gasteiger partial charge in [0.1, 0.15) is 24.7 Å². The minimum Gasteiger partial charge on any atom is -0.382 e. The molecule has 1 aliphatic heterocycles. The molecule has 0 spiro atoms. The fourth-order valence-electron chi connectivity index (χ4n) is 4.41. The molecule has 1 aromatic carbocycles. The molecule has 0 radical (unpaired) electrons. The number of amides is 2. The molecule has 1 fully saturated rings. The highest BCUT2D eigenvalue weighted by molar-refractivity contribution is 5.97. The molecular formula is C24H22F8N6O3. The van der Waals surface area contributed by atoms with Crippen LogP contribution in [0.5, 0.6) is 0 Å². The molecule has 4 rings (SSSR count). The molecule has 1 aliphatic rings. The van der Waals surface area contributed by atoms with Crippen molar-refractivity contribution in [2.24, 2.45) is 0 Å². The van der Waals surface area contributed by atoms with Gasteiger partial charge in [0.15, 0.2) is 11.4 Å². The summed E-state index contributed by atoms with van der Waals surface area (Å²) in [6.07, 6.45) is -12.4. The predicted octanol–water partition coefficient (Wildman–Crippen LogP) is 3.45. The first-order valence-electron chi connectivity index (χ1n) is 11.8. The van der Waals surface area contributed by atoms with E-state index in [1.165, 1.54) is 6.07 Å². The van der Waals surface area contributed by atoms with Crippen LogP contribution in [0.3, 0.4) is 0 Å². The number of benzene rings is 1. The maximum absolute atomic E-state index is 14.7. The number of aromatic nitrogens is 3. The van der Waals surface area contributed by atoms with Gasteiger partial charge in [-0.15, -0.1) is 0 Å². The fourth-order valence-corrected chi connectivity index (χ4v) is 4.41. The van der Waals surface area contributed by atoms with Gasteiger partial charge in [0, 0.05) is 17.7 Å². The number of rotatable bonds is 6. The lowest BCUT2D eigenvalue weighted by Crippen LogP contribution is -2.47. The monoisotopic (exact) mass is 594 g/mol. The van der Waals surface area contributed by atoms with E-state index in [9.17, 15) is 49.8 Å². The van der Waals surface area contributed by atoms with Crippen LogP contribution in [0.25, 0.3) is 16.8 Å². The van der Waals surface area contributed by atoms with Crippen LogP contribution in [0.1, 0.15) is 34.8 Å². The van der Waals surface area contributed by atoms with Crippen molar-refractivity contribution in [3.8, 4) is 11.3 Å². The number of likely N-dealkylation sites (tertiary alicyclic amines) is 1. The molecule has 17 heteroatoms. The highest BCUT2D eigenvalue weighted by Gasteiger charge is 2.52. The number of fused-ring (bicyclic) bond motifs is 1. The normalized spacial score (nSPS) is 19.4. The Morgan fingerprint density at radius 1 is 1.15 bits per heavy atom. The first-order valence-corrected chi connectivity index (χ1v) is 11.8. The Bertz CT molecular complexity index is 1490. The number of nitrogen functional groups attached to an aromatic ring is 1. The van der Waals surface area contributed by atoms with Crippen molar-refractivity contribution in [2.75, 3.05) is 18.8 Å². The van der Waals surface area contributed by atoms with Crippen LogP contribution in [0.2, 0.25) is 0 Å². The van der Waals surface area contributed by atoms with Crippen molar-refractivity contribution in [1.82, 2.24) is 24.8 Å². The lowest BCUT2D eigenvalue weighted by Gasteiger charge is -2.27. The van der Waals surface area contributed by atoms with Gasteiger partial charge >= 0.3 is 12.4 Å². The molecule has 0 aliphatic carbocycles. The number of nitrogens with one attached hydrogen (secondary N) is 1. The largest absolute Gasteiger partial charge is 0.418 e. The Morgan fingerprint density at radius 3 is 2.44 bits per heavy atom. The average molecular weight is 594 g/mol. The topological polar surface area (TPSA) is 126 Å². The van der Waals surface area contributed by atoms with Crippen molar-refractivity contribution in [3.05, 3.63) is 47.3 Å². The summed E-state index contributed by atoms with van der Waals surface area (Å²) in [7, 11) is 0. The molecule has 2 amide bonds. The van der Waals surface area contributed by atoms with Gasteiger partial charge in [-0.25, -0.2) is 18.3 Å². The molecule has 2 aromatic heterocycles. The Balaban J connectivity index is 1.60. The number of hydrogen-bond donors (Lipinski definition) is 3. The zero-order chi connectivity index (χ0) is 30.5. The van der Waals surface area contributed by atoms with Gasteiger partial charge in [-0.1, -0.05) is 12.1 Å². The lowest BCUT2D eigenvalue weighted by atomic mass is 10.0. The minimum absolute atomic E-state index is 0.00893. The first kappa shape index (κ1) is 30.0. The first-order chi connectivity index (χ1) is 18.9. The van der Waals surface area contributed by atoms with Gasteiger partial charge in [0.05, 0.1) is 30.3 Å². The van der Waals surface area contributed by atoms with Crippen molar-refractivity contribution < 1.29 is 49.8 Å². The summed E-state index contributed by atoms with van der Waals surface area (Å²) in [6.45, 7) is -2.00. The Kier molecular flexibility index (Phi) is 7.62. The third-order valence-electron chi connectivity index (χ3n) is 6.71. The molecule has 222 valence electrons. The van der Waals surface area contributed by atoms with E-state index in [0.717, 1.165) is 29.0 Å². The third-order valence-corrected chi connectivity index (χ3v) is 6.71. The summed E-state index contributed by atoms with van der Waals surface area (Å²) < 4.78 is 109. The van der Waals surface area contributed by atoms with Crippen molar-refractivity contribution in [1.29, 1.82) is 0 Å². The summed E-state index contributed by atoms with van der Waals surface area (Å²) in [4.78, 5) is 29.6. The summed E-state index contributed by atoms with van der Waals surface area (Å²) in [5, 5.41) is 15.6. The van der Waals surface area contributed by atoms with Gasteiger partial charge in [-0.3, -0.25) is 9.59 Å². The molecule has 0 bridgehead atoms. The molecule has 3 atom stereocenters. The molecule has 3 heterocycles. The van der Waals surface area contributed by atoms with Gasteiger partial charge in [0.25, 0.3) is 5.91 Å². The number of anilines is 1. The van der Waals surface area contributed by atoms with E-state index >= 15 is 0 Å². The summed E-state index contributed by atoms with van der Waals surface area (Å²) in [5.41, 5.74) is -0.166. The SMILES string of the molecule is CC(O)(CC(=O)N1C[C@H](F)[C@H](NC(=O)c2cc(-c3cc(C(F)(F)F)c4c(N)ncnn34)ccc2CF)C1)C(F)(F)F. The van der Waals surface area contributed by atoms with E-state index in [1.54, 1.807) is 0 Å². The van der Waals surface area contributed by atoms with Crippen molar-refractivity contribution >= 4 is 23.1 Å². The quantitative estimate of drug-likeness (QED) is 0.376. The second-order valence-electron chi connectivity index (χ2n) is 9.70. The second-order valence-corrected chi connectivity index (χ2v) is 9.70. The standard InChI is InChI=1S/C24H22F8N6O3/c1-22(41,24(30,31)32)6-18(39)37-8-15(26)16(9-37)36-21(40)13-4-11(2-3-12(13)7-25)17-5-14(23(27,28)29)19-20(33)34-10-35-38(17)19/h2-5,10,15-16,41H,6-9H2,1H3,(H,36,40)(H2,33,34,35)/t15-,16+,22?/m0/s1. The Labute approximate surface area is 225 Å². The van der Waals surface area contributed by atoms with E-state index in [0.29, 0.717) is 11.8 Å². The number of halogens is 8. The number of hydrogen-bond acceptors (Lipinski definition) is 6. The summed E-state index contributed by atoms with van der Waals surface area (Å²) in [5.74, 6) is -2.72. The van der Waals surface area contributed by atoms with Crippen LogP contribution in [0, 0.1) is 0 Å². The Hall–Kier alpha value is -4.02. The van der Waals surface area contributed by atoms with E-state index in [1.807, 2.05) is 0 Å². The molecule has 4 N–H and O–H groups in total. The van der Waals surface area contributed by atoms with Gasteiger partial charge < -0.3 is 21.1 Å². The number of nitrogens with zero attached hydrogens (tertiary/aromatic N) is 4. The molecular weight excluding hydrogens is 572 g/mol. The molecule has 3 aromatic rings. The van der Waals surface area contributed by atoms with Crippen LogP contribution in [-0.4, -0.2) is 73.5 Å². The van der Waals surface area contributed by atoms with Crippen LogP contribution in [0.15, 0.2) is 30.6 Å². The zero-order valence-electron chi connectivity index (χ0n) is 21.0. The number of aliphatic hydroxyl groups is 1. The Morgan fingerprint density at radius 2 is 1.83 bits per heavy atom. The summed E-state index contributed by atoms with van der Waals surface area (Å²) in [6, 6.07) is 2.76. The average Bonchev–Trinajstić information content (AvgIpc) is 3.44. The zero-order valence-corrected chi connectivity index (χ0v) is 21.0. The smallest absolute Gasteiger partial charge is 0.382 e. The molecule has 0 saturated carbocycles. The van der Waals surface area contributed by atoms with E-state index in [4.69, 9.17) is 5.73 Å². The maximum Gasteiger partial charge on any atom is 0.418 e. The van der Waals surface area contributed by atoms with Crippen molar-refractivity contribution in [3.63, 3.8) is 0 Å². The van der Waals surface area contributed by atoms with Crippen LogP contribution in [-0.2, 0) is 17.6 Å². The van der Waals surface area contributed by atoms with Crippen LogP contribution in [0.4, 0.5) is 40.9 Å². The lowest BCUT2D eigenvalue weighted by molar-refractivity contribution is -0.254. The van der Waals surface area contributed by atoms with E-state index < -0.39 is 85.1 Å². The molecule has 9 nitrogen and oxygen atoms in total. The van der Waals surface area contributed by atoms with Gasteiger partial charge in [0.2, 0.25) is 5.91 Å². The van der Waals surface area contributed by atoms with Crippen molar-refractivity contribution in [2.45, 2.75) is 50.2 Å². The number of carbonyl (C=O) groups excluding carboxylic acids is 2. The molecule has 1 saturated heterocycles. The fraction of sp³-hybridized carbons (Fsp3) is 0.417. The third kappa shape index (κ3) is 5.75. The highest BCUT2D eigenvalue weighted by atomic mass is 19.4. The van der Waals surface area contributed by atoms with E-state index in [2.05, 4.69) is 15.4 Å². The van der Waals surface area contributed by atoms with Crippen LogP contribution < -0.4 is 11.1 Å². The van der Waals surface area contributed by atoms with E-state index in [-0.39, 0.29) is 22.4 Å². The molecule has 41 heavy (non-hydrogen) atoms.